The summed E-state index contributed by atoms with van der Waals surface area (Å²) in [5, 5.41) is 0. The van der Waals surface area contributed by atoms with E-state index in [4.69, 9.17) is 4.74 Å². The van der Waals surface area contributed by atoms with Gasteiger partial charge in [0, 0.05) is 0 Å². The molecule has 1 aromatic rings. The molecule has 1 saturated carbocycles. The van der Waals surface area contributed by atoms with Gasteiger partial charge in [-0.3, -0.25) is 0 Å². The second-order valence-corrected chi connectivity index (χ2v) is 4.44. The first-order chi connectivity index (χ1) is 7.88. The maximum Gasteiger partial charge on any atom is 0.0978 e. The fourth-order valence-corrected chi connectivity index (χ4v) is 2.12. The summed E-state index contributed by atoms with van der Waals surface area (Å²) in [6, 6.07) is 8.64. The van der Waals surface area contributed by atoms with E-state index in [0.29, 0.717) is 6.10 Å². The topological polar surface area (TPSA) is 9.23 Å². The second-order valence-electron chi connectivity index (χ2n) is 4.44. The van der Waals surface area contributed by atoms with Crippen LogP contribution in [0.2, 0.25) is 0 Å². The third-order valence-corrected chi connectivity index (χ3v) is 3.22. The third kappa shape index (κ3) is 3.13. The molecule has 1 aliphatic carbocycles. The van der Waals surface area contributed by atoms with Gasteiger partial charge in [0.1, 0.15) is 0 Å². The summed E-state index contributed by atoms with van der Waals surface area (Å²) in [4.78, 5) is 0. The van der Waals surface area contributed by atoms with Crippen LogP contribution in [-0.2, 0) is 11.2 Å². The molecule has 0 N–H and O–H groups in total. The lowest BCUT2D eigenvalue weighted by molar-refractivity contribution is 0.153. The van der Waals surface area contributed by atoms with Crippen LogP contribution in [-0.4, -0.2) is 6.10 Å². The van der Waals surface area contributed by atoms with E-state index in [2.05, 4.69) is 37.3 Å². The summed E-state index contributed by atoms with van der Waals surface area (Å²) in [5.41, 5.74) is 2.60. The third-order valence-electron chi connectivity index (χ3n) is 3.22. The van der Waals surface area contributed by atoms with Crippen molar-refractivity contribution in [2.24, 2.45) is 0 Å². The number of rotatable bonds is 4. The molecule has 0 unspecified atom stereocenters. The molecule has 0 spiro atoms. The van der Waals surface area contributed by atoms with Crippen LogP contribution >= 0.6 is 0 Å². The molecule has 1 aromatic carbocycles. The fourth-order valence-electron chi connectivity index (χ4n) is 2.12. The van der Waals surface area contributed by atoms with Crippen molar-refractivity contribution in [1.29, 1.82) is 0 Å². The van der Waals surface area contributed by atoms with Crippen LogP contribution in [0.15, 0.2) is 30.5 Å². The minimum absolute atomic E-state index is 0.464. The monoisotopic (exact) mass is 216 g/mol. The van der Waals surface area contributed by atoms with Gasteiger partial charge in [-0.15, -0.1) is 0 Å². The van der Waals surface area contributed by atoms with Crippen LogP contribution < -0.4 is 0 Å². The van der Waals surface area contributed by atoms with E-state index in [1.54, 1.807) is 0 Å². The average Bonchev–Trinajstić information content (AvgIpc) is 2.83. The molecule has 1 heteroatoms. The van der Waals surface area contributed by atoms with E-state index in [1.807, 2.05) is 6.26 Å². The Morgan fingerprint density at radius 1 is 1.19 bits per heavy atom. The molecule has 1 aliphatic rings. The SMILES string of the molecule is CCc1ccc(C=COC2CCCC2)cc1. The molecule has 0 radical (unpaired) electrons. The van der Waals surface area contributed by atoms with E-state index in [1.165, 1.54) is 36.8 Å². The summed E-state index contributed by atoms with van der Waals surface area (Å²) >= 11 is 0. The van der Waals surface area contributed by atoms with Crippen LogP contribution in [0.3, 0.4) is 0 Å². The first-order valence-corrected chi connectivity index (χ1v) is 6.29. The van der Waals surface area contributed by atoms with Gasteiger partial charge in [0.2, 0.25) is 0 Å². The lowest BCUT2D eigenvalue weighted by Gasteiger charge is -2.07. The van der Waals surface area contributed by atoms with Crippen LogP contribution in [0.5, 0.6) is 0 Å². The van der Waals surface area contributed by atoms with Gasteiger partial charge in [-0.2, -0.15) is 0 Å². The van der Waals surface area contributed by atoms with Crippen molar-refractivity contribution in [3.8, 4) is 0 Å². The highest BCUT2D eigenvalue weighted by Crippen LogP contribution is 2.21. The Balaban J connectivity index is 1.84. The zero-order chi connectivity index (χ0) is 11.2. The van der Waals surface area contributed by atoms with Crippen LogP contribution in [0.1, 0.15) is 43.7 Å². The Morgan fingerprint density at radius 3 is 2.50 bits per heavy atom. The normalized spacial score (nSPS) is 17.1. The number of hydrogen-bond donors (Lipinski definition) is 0. The number of hydrogen-bond acceptors (Lipinski definition) is 1. The Labute approximate surface area is 98.1 Å². The average molecular weight is 216 g/mol. The zero-order valence-corrected chi connectivity index (χ0v) is 9.99. The summed E-state index contributed by atoms with van der Waals surface area (Å²) in [7, 11) is 0. The summed E-state index contributed by atoms with van der Waals surface area (Å²) in [6.07, 6.45) is 10.6. The van der Waals surface area contributed by atoms with Crippen molar-refractivity contribution in [2.75, 3.05) is 0 Å². The van der Waals surface area contributed by atoms with E-state index >= 15 is 0 Å². The van der Waals surface area contributed by atoms with E-state index in [0.717, 1.165) is 6.42 Å². The summed E-state index contributed by atoms with van der Waals surface area (Å²) in [5.74, 6) is 0. The molecule has 2 rings (SSSR count). The van der Waals surface area contributed by atoms with Gasteiger partial charge in [0.05, 0.1) is 12.4 Å². The minimum Gasteiger partial charge on any atom is -0.498 e. The zero-order valence-electron chi connectivity index (χ0n) is 9.99. The fraction of sp³-hybridized carbons (Fsp3) is 0.467. The molecular formula is C15H20O. The highest BCUT2D eigenvalue weighted by atomic mass is 16.5. The smallest absolute Gasteiger partial charge is 0.0978 e. The lowest BCUT2D eigenvalue weighted by atomic mass is 10.1. The van der Waals surface area contributed by atoms with E-state index in [-0.39, 0.29) is 0 Å². The molecular weight excluding hydrogens is 196 g/mol. The van der Waals surface area contributed by atoms with E-state index in [9.17, 15) is 0 Å². The summed E-state index contributed by atoms with van der Waals surface area (Å²) in [6.45, 7) is 2.17. The van der Waals surface area contributed by atoms with Gasteiger partial charge in [0.15, 0.2) is 0 Å². The molecule has 0 heterocycles. The Kier molecular flexibility index (Phi) is 4.03. The van der Waals surface area contributed by atoms with Gasteiger partial charge in [-0.05, 0) is 49.3 Å². The van der Waals surface area contributed by atoms with Gasteiger partial charge in [-0.1, -0.05) is 31.2 Å². The highest BCUT2D eigenvalue weighted by molar-refractivity contribution is 5.48. The maximum atomic E-state index is 5.68. The number of benzene rings is 1. The molecule has 1 fully saturated rings. The van der Waals surface area contributed by atoms with Gasteiger partial charge in [-0.25, -0.2) is 0 Å². The van der Waals surface area contributed by atoms with Gasteiger partial charge < -0.3 is 4.74 Å². The highest BCUT2D eigenvalue weighted by Gasteiger charge is 2.13. The molecule has 86 valence electrons. The first-order valence-electron chi connectivity index (χ1n) is 6.29. The molecule has 1 nitrogen and oxygen atoms in total. The Hall–Kier alpha value is -1.24. The molecule has 0 aliphatic heterocycles. The van der Waals surface area contributed by atoms with Gasteiger partial charge in [0.25, 0.3) is 0 Å². The quantitative estimate of drug-likeness (QED) is 0.686. The lowest BCUT2D eigenvalue weighted by Crippen LogP contribution is -2.01. The van der Waals surface area contributed by atoms with Crippen molar-refractivity contribution in [3.63, 3.8) is 0 Å². The molecule has 0 aromatic heterocycles. The van der Waals surface area contributed by atoms with Gasteiger partial charge >= 0.3 is 0 Å². The standard InChI is InChI=1S/C15H20O/c1-2-13-7-9-14(10-8-13)11-12-16-15-5-3-4-6-15/h7-12,15H,2-6H2,1H3. The van der Waals surface area contributed by atoms with Crippen molar-refractivity contribution < 1.29 is 4.74 Å². The molecule has 0 amide bonds. The Morgan fingerprint density at radius 2 is 1.88 bits per heavy atom. The first kappa shape index (κ1) is 11.3. The Bertz CT molecular complexity index is 331. The molecule has 0 bridgehead atoms. The maximum absolute atomic E-state index is 5.68. The van der Waals surface area contributed by atoms with E-state index < -0.39 is 0 Å². The van der Waals surface area contributed by atoms with Crippen LogP contribution in [0.4, 0.5) is 0 Å². The van der Waals surface area contributed by atoms with Crippen molar-refractivity contribution in [3.05, 3.63) is 41.7 Å². The minimum atomic E-state index is 0.464. The van der Waals surface area contributed by atoms with Crippen molar-refractivity contribution >= 4 is 6.08 Å². The van der Waals surface area contributed by atoms with Crippen molar-refractivity contribution in [2.45, 2.75) is 45.1 Å². The predicted octanol–water partition coefficient (Wildman–Crippen LogP) is 4.18. The largest absolute Gasteiger partial charge is 0.498 e. The predicted molar refractivity (Wildman–Crippen MR) is 68.2 cm³/mol. The molecule has 0 saturated heterocycles. The summed E-state index contributed by atoms with van der Waals surface area (Å²) < 4.78 is 5.68. The van der Waals surface area contributed by atoms with Crippen molar-refractivity contribution in [1.82, 2.24) is 0 Å². The van der Waals surface area contributed by atoms with Crippen LogP contribution in [0, 0.1) is 0 Å². The second kappa shape index (κ2) is 5.74. The number of ether oxygens (including phenoxy) is 1. The number of aryl methyl sites for hydroxylation is 1. The van der Waals surface area contributed by atoms with Crippen LogP contribution in [0.25, 0.3) is 6.08 Å². The molecule has 0 atom stereocenters. The molecule has 16 heavy (non-hydrogen) atoms.